The number of fused-ring (bicyclic) bond motifs is 1. The zero-order valence-electron chi connectivity index (χ0n) is 8.53. The number of rotatable bonds is 2. The normalized spacial score (nSPS) is 18.9. The number of hydrogen-bond donors (Lipinski definition) is 0. The summed E-state index contributed by atoms with van der Waals surface area (Å²) in [7, 11) is 0. The molecule has 80 valence electrons. The third-order valence-corrected chi connectivity index (χ3v) is 3.03. The van der Waals surface area contributed by atoms with E-state index in [2.05, 4.69) is 6.07 Å². The maximum absolute atomic E-state index is 12.0. The molecule has 3 rings (SSSR count). The summed E-state index contributed by atoms with van der Waals surface area (Å²) >= 11 is 0. The SMILES string of the molecule is N#CC1(C(=O)c2ccc3c(c2)OCO3)CC1. The molecule has 1 aliphatic carbocycles. The van der Waals surface area contributed by atoms with Gasteiger partial charge in [0, 0.05) is 5.56 Å². The lowest BCUT2D eigenvalue weighted by Crippen LogP contribution is -2.13. The average molecular weight is 215 g/mol. The van der Waals surface area contributed by atoms with Crippen molar-refractivity contribution in [2.24, 2.45) is 5.41 Å². The second-order valence-corrected chi connectivity index (χ2v) is 4.09. The quantitative estimate of drug-likeness (QED) is 0.707. The van der Waals surface area contributed by atoms with Gasteiger partial charge in [-0.3, -0.25) is 4.79 Å². The number of carbonyl (C=O) groups is 1. The van der Waals surface area contributed by atoms with E-state index in [4.69, 9.17) is 14.7 Å². The summed E-state index contributed by atoms with van der Waals surface area (Å²) in [5.41, 5.74) is -0.239. The predicted octanol–water partition coefficient (Wildman–Crippen LogP) is 1.90. The molecule has 0 atom stereocenters. The first-order valence-electron chi connectivity index (χ1n) is 5.11. The third-order valence-electron chi connectivity index (χ3n) is 3.03. The molecule has 4 heteroatoms. The molecule has 2 aliphatic rings. The minimum absolute atomic E-state index is 0.103. The van der Waals surface area contributed by atoms with Crippen LogP contribution in [0.5, 0.6) is 11.5 Å². The Morgan fingerprint density at radius 3 is 2.75 bits per heavy atom. The molecule has 0 unspecified atom stereocenters. The van der Waals surface area contributed by atoms with Crippen LogP contribution < -0.4 is 9.47 Å². The van der Waals surface area contributed by atoms with Gasteiger partial charge in [-0.25, -0.2) is 0 Å². The van der Waals surface area contributed by atoms with E-state index in [1.807, 2.05) is 0 Å². The average Bonchev–Trinajstić information content (AvgIpc) is 2.98. The molecule has 0 N–H and O–H groups in total. The van der Waals surface area contributed by atoms with E-state index in [1.54, 1.807) is 18.2 Å². The first-order valence-corrected chi connectivity index (χ1v) is 5.11. The lowest BCUT2D eigenvalue weighted by molar-refractivity contribution is 0.0934. The summed E-state index contributed by atoms with van der Waals surface area (Å²) in [5.74, 6) is 1.13. The van der Waals surface area contributed by atoms with Crippen molar-refractivity contribution in [2.75, 3.05) is 6.79 Å². The molecule has 1 aromatic carbocycles. The van der Waals surface area contributed by atoms with Gasteiger partial charge < -0.3 is 9.47 Å². The maximum Gasteiger partial charge on any atom is 0.231 e. The van der Waals surface area contributed by atoms with Crippen molar-refractivity contribution in [3.05, 3.63) is 23.8 Å². The Labute approximate surface area is 92.4 Å². The van der Waals surface area contributed by atoms with Crippen LogP contribution in [0.2, 0.25) is 0 Å². The number of nitrogens with zero attached hydrogens (tertiary/aromatic N) is 1. The highest BCUT2D eigenvalue weighted by atomic mass is 16.7. The molecule has 1 aromatic rings. The van der Waals surface area contributed by atoms with Crippen molar-refractivity contribution < 1.29 is 14.3 Å². The van der Waals surface area contributed by atoms with Crippen molar-refractivity contribution in [3.63, 3.8) is 0 Å². The molecule has 0 bridgehead atoms. The van der Waals surface area contributed by atoms with Crippen LogP contribution in [0.15, 0.2) is 18.2 Å². The summed E-state index contributed by atoms with van der Waals surface area (Å²) in [6, 6.07) is 7.15. The Hall–Kier alpha value is -2.02. The van der Waals surface area contributed by atoms with Crippen LogP contribution in [0.25, 0.3) is 0 Å². The first-order chi connectivity index (χ1) is 7.75. The van der Waals surface area contributed by atoms with Gasteiger partial charge >= 0.3 is 0 Å². The molecule has 0 radical (unpaired) electrons. The van der Waals surface area contributed by atoms with Crippen LogP contribution in [0.1, 0.15) is 23.2 Å². The minimum Gasteiger partial charge on any atom is -0.454 e. The summed E-state index contributed by atoms with van der Waals surface area (Å²) in [6.07, 6.45) is 1.33. The van der Waals surface area contributed by atoms with Crippen molar-refractivity contribution in [2.45, 2.75) is 12.8 Å². The van der Waals surface area contributed by atoms with Crippen LogP contribution in [0.4, 0.5) is 0 Å². The van der Waals surface area contributed by atoms with Crippen LogP contribution in [-0.2, 0) is 0 Å². The molecule has 1 fully saturated rings. The van der Waals surface area contributed by atoms with Crippen molar-refractivity contribution in [1.29, 1.82) is 5.26 Å². The number of carbonyl (C=O) groups excluding carboxylic acids is 1. The molecular weight excluding hydrogens is 206 g/mol. The van der Waals surface area contributed by atoms with Crippen LogP contribution >= 0.6 is 0 Å². The van der Waals surface area contributed by atoms with E-state index in [-0.39, 0.29) is 12.6 Å². The number of ether oxygens (including phenoxy) is 2. The number of Topliss-reactive ketones (excluding diaryl/α,β-unsaturated/α-hetero) is 1. The highest BCUT2D eigenvalue weighted by Crippen LogP contribution is 2.48. The van der Waals surface area contributed by atoms with Crippen LogP contribution in [0.3, 0.4) is 0 Å². The molecule has 1 aliphatic heterocycles. The van der Waals surface area contributed by atoms with Gasteiger partial charge in [-0.1, -0.05) is 0 Å². The Morgan fingerprint density at radius 2 is 2.06 bits per heavy atom. The Bertz CT molecular complexity index is 511. The standard InChI is InChI=1S/C12H9NO3/c13-6-12(3-4-12)11(14)8-1-2-9-10(5-8)16-7-15-9/h1-2,5H,3-4,7H2. The minimum atomic E-state index is -0.770. The largest absolute Gasteiger partial charge is 0.454 e. The molecule has 1 heterocycles. The smallest absolute Gasteiger partial charge is 0.231 e. The first kappa shape index (κ1) is 9.22. The lowest BCUT2D eigenvalue weighted by Gasteiger charge is -2.05. The zero-order valence-corrected chi connectivity index (χ0v) is 8.53. The monoisotopic (exact) mass is 215 g/mol. The fourth-order valence-electron chi connectivity index (χ4n) is 1.83. The molecule has 16 heavy (non-hydrogen) atoms. The maximum atomic E-state index is 12.0. The van der Waals surface area contributed by atoms with E-state index in [1.165, 1.54) is 0 Å². The highest BCUT2D eigenvalue weighted by molar-refractivity contribution is 6.04. The van der Waals surface area contributed by atoms with E-state index in [9.17, 15) is 4.79 Å². The van der Waals surface area contributed by atoms with E-state index >= 15 is 0 Å². The van der Waals surface area contributed by atoms with E-state index < -0.39 is 5.41 Å². The molecule has 1 saturated carbocycles. The van der Waals surface area contributed by atoms with Crippen molar-refractivity contribution in [3.8, 4) is 17.6 Å². The van der Waals surface area contributed by atoms with Gasteiger partial charge in [-0.2, -0.15) is 5.26 Å². The van der Waals surface area contributed by atoms with Crippen LogP contribution in [0, 0.1) is 16.7 Å². The summed E-state index contributed by atoms with van der Waals surface area (Å²) in [4.78, 5) is 12.0. The van der Waals surface area contributed by atoms with E-state index in [0.717, 1.165) is 0 Å². The van der Waals surface area contributed by atoms with Gasteiger partial charge in [0.1, 0.15) is 5.41 Å². The molecule has 4 nitrogen and oxygen atoms in total. The number of ketones is 1. The molecular formula is C12H9NO3. The number of nitriles is 1. The number of hydrogen-bond acceptors (Lipinski definition) is 4. The Balaban J connectivity index is 1.96. The van der Waals surface area contributed by atoms with Gasteiger partial charge in [0.15, 0.2) is 17.3 Å². The Morgan fingerprint density at radius 1 is 1.31 bits per heavy atom. The van der Waals surface area contributed by atoms with Gasteiger partial charge in [0.2, 0.25) is 6.79 Å². The van der Waals surface area contributed by atoms with Gasteiger partial charge in [0.25, 0.3) is 0 Å². The topological polar surface area (TPSA) is 59.3 Å². The van der Waals surface area contributed by atoms with E-state index in [0.29, 0.717) is 29.9 Å². The molecule has 0 aromatic heterocycles. The second kappa shape index (κ2) is 2.99. The summed E-state index contributed by atoms with van der Waals surface area (Å²) < 4.78 is 10.4. The Kier molecular flexibility index (Phi) is 1.72. The van der Waals surface area contributed by atoms with Gasteiger partial charge in [-0.15, -0.1) is 0 Å². The number of benzene rings is 1. The molecule has 0 amide bonds. The third kappa shape index (κ3) is 1.18. The van der Waals surface area contributed by atoms with Crippen LogP contribution in [-0.4, -0.2) is 12.6 Å². The highest BCUT2D eigenvalue weighted by Gasteiger charge is 2.50. The molecule has 0 spiro atoms. The predicted molar refractivity (Wildman–Crippen MR) is 54.2 cm³/mol. The summed E-state index contributed by atoms with van der Waals surface area (Å²) in [5, 5.41) is 8.95. The van der Waals surface area contributed by atoms with Crippen molar-refractivity contribution >= 4 is 5.78 Å². The summed E-state index contributed by atoms with van der Waals surface area (Å²) in [6.45, 7) is 0.191. The van der Waals surface area contributed by atoms with Crippen molar-refractivity contribution in [1.82, 2.24) is 0 Å². The fourth-order valence-corrected chi connectivity index (χ4v) is 1.83. The lowest BCUT2D eigenvalue weighted by atomic mass is 9.96. The van der Waals surface area contributed by atoms with Gasteiger partial charge in [-0.05, 0) is 31.0 Å². The fraction of sp³-hybridized carbons (Fsp3) is 0.333. The molecule has 0 saturated heterocycles. The second-order valence-electron chi connectivity index (χ2n) is 4.09. The van der Waals surface area contributed by atoms with Gasteiger partial charge in [0.05, 0.1) is 6.07 Å². The zero-order chi connectivity index (χ0) is 11.2.